The number of ether oxygens (including phenoxy) is 1. The summed E-state index contributed by atoms with van der Waals surface area (Å²) < 4.78 is 4.85. The van der Waals surface area contributed by atoms with Crippen molar-refractivity contribution < 1.29 is 9.53 Å². The second-order valence-corrected chi connectivity index (χ2v) is 4.69. The van der Waals surface area contributed by atoms with E-state index in [1.807, 2.05) is 6.92 Å². The molecule has 0 spiro atoms. The van der Waals surface area contributed by atoms with Crippen LogP contribution in [0.2, 0.25) is 0 Å². The number of carbonyl (C=O) groups excluding carboxylic acids is 1. The Morgan fingerprint density at radius 3 is 3.07 bits per heavy atom. The van der Waals surface area contributed by atoms with Crippen molar-refractivity contribution in [3.63, 3.8) is 0 Å². The van der Waals surface area contributed by atoms with Crippen LogP contribution < -0.4 is 5.32 Å². The summed E-state index contributed by atoms with van der Waals surface area (Å²) in [4.78, 5) is 15.6. The van der Waals surface area contributed by atoms with Gasteiger partial charge in [-0.25, -0.2) is 4.98 Å². The first-order chi connectivity index (χ1) is 7.13. The smallest absolute Gasteiger partial charge is 0.270 e. The topological polar surface area (TPSA) is 51.2 Å². The van der Waals surface area contributed by atoms with Crippen molar-refractivity contribution in [2.45, 2.75) is 12.3 Å². The SMILES string of the molecule is COCC(Cl)CNC(=O)c1csc(C)n1. The second-order valence-electron chi connectivity index (χ2n) is 3.01. The van der Waals surface area contributed by atoms with Crippen molar-refractivity contribution in [3.05, 3.63) is 16.1 Å². The third kappa shape index (κ3) is 4.15. The molecule has 15 heavy (non-hydrogen) atoms. The molecule has 0 radical (unpaired) electrons. The number of hydrogen-bond donors (Lipinski definition) is 1. The highest BCUT2D eigenvalue weighted by atomic mass is 35.5. The first-order valence-electron chi connectivity index (χ1n) is 4.47. The van der Waals surface area contributed by atoms with Crippen LogP contribution in [0.1, 0.15) is 15.5 Å². The van der Waals surface area contributed by atoms with Crippen molar-refractivity contribution in [2.75, 3.05) is 20.3 Å². The van der Waals surface area contributed by atoms with Gasteiger partial charge in [0.05, 0.1) is 17.0 Å². The molecule has 0 saturated heterocycles. The fourth-order valence-electron chi connectivity index (χ4n) is 1.00. The molecule has 0 aliphatic carbocycles. The van der Waals surface area contributed by atoms with Crippen molar-refractivity contribution in [1.82, 2.24) is 10.3 Å². The van der Waals surface area contributed by atoms with E-state index >= 15 is 0 Å². The first-order valence-corrected chi connectivity index (χ1v) is 5.78. The van der Waals surface area contributed by atoms with Gasteiger partial charge in [0, 0.05) is 19.0 Å². The predicted molar refractivity (Wildman–Crippen MR) is 60.7 cm³/mol. The van der Waals surface area contributed by atoms with Crippen LogP contribution in [0.4, 0.5) is 0 Å². The normalized spacial score (nSPS) is 12.5. The highest BCUT2D eigenvalue weighted by Gasteiger charge is 2.11. The van der Waals surface area contributed by atoms with Crippen LogP contribution in [0.25, 0.3) is 0 Å². The minimum atomic E-state index is -0.210. The quantitative estimate of drug-likeness (QED) is 0.803. The van der Waals surface area contributed by atoms with E-state index in [-0.39, 0.29) is 11.3 Å². The molecule has 0 fully saturated rings. The minimum Gasteiger partial charge on any atom is -0.383 e. The molecule has 0 aliphatic heterocycles. The lowest BCUT2D eigenvalue weighted by Gasteiger charge is -2.08. The Morgan fingerprint density at radius 1 is 1.80 bits per heavy atom. The molecule has 0 aliphatic rings. The van der Waals surface area contributed by atoms with E-state index in [2.05, 4.69) is 10.3 Å². The fraction of sp³-hybridized carbons (Fsp3) is 0.556. The molecule has 1 aromatic rings. The van der Waals surface area contributed by atoms with E-state index in [1.54, 1.807) is 12.5 Å². The standard InChI is InChI=1S/C9H13ClN2O2S/c1-6-12-8(5-15-6)9(13)11-3-7(10)4-14-2/h5,7H,3-4H2,1-2H3,(H,11,13). The lowest BCUT2D eigenvalue weighted by Crippen LogP contribution is -2.31. The Hall–Kier alpha value is -0.650. The number of methoxy groups -OCH3 is 1. The number of halogens is 1. The Labute approximate surface area is 97.6 Å². The second kappa shape index (κ2) is 6.05. The van der Waals surface area contributed by atoms with Crippen LogP contribution in [0.15, 0.2) is 5.38 Å². The van der Waals surface area contributed by atoms with Gasteiger partial charge in [0.15, 0.2) is 0 Å². The Balaban J connectivity index is 2.36. The van der Waals surface area contributed by atoms with Crippen LogP contribution in [-0.2, 0) is 4.74 Å². The van der Waals surface area contributed by atoms with Gasteiger partial charge in [-0.1, -0.05) is 0 Å². The number of aromatic nitrogens is 1. The number of amides is 1. The van der Waals surface area contributed by atoms with Crippen LogP contribution in [-0.4, -0.2) is 36.5 Å². The third-order valence-corrected chi connectivity index (χ3v) is 2.74. The molecule has 0 bridgehead atoms. The maximum absolute atomic E-state index is 11.5. The highest BCUT2D eigenvalue weighted by molar-refractivity contribution is 7.09. The lowest BCUT2D eigenvalue weighted by atomic mass is 10.4. The number of thiazole rings is 1. The molecular weight excluding hydrogens is 236 g/mol. The van der Waals surface area contributed by atoms with Crippen LogP contribution >= 0.6 is 22.9 Å². The van der Waals surface area contributed by atoms with Gasteiger partial charge < -0.3 is 10.1 Å². The number of aryl methyl sites for hydroxylation is 1. The number of alkyl halides is 1. The molecule has 0 saturated carbocycles. The summed E-state index contributed by atoms with van der Waals surface area (Å²) in [6.45, 7) is 2.65. The van der Waals surface area contributed by atoms with E-state index in [4.69, 9.17) is 16.3 Å². The van der Waals surface area contributed by atoms with E-state index in [0.29, 0.717) is 18.8 Å². The van der Waals surface area contributed by atoms with Crippen molar-refractivity contribution in [3.8, 4) is 0 Å². The average molecular weight is 249 g/mol. The van der Waals surface area contributed by atoms with Gasteiger partial charge in [-0.05, 0) is 6.92 Å². The molecule has 6 heteroatoms. The summed E-state index contributed by atoms with van der Waals surface area (Å²) in [5.74, 6) is -0.193. The van der Waals surface area contributed by atoms with Gasteiger partial charge in [0.1, 0.15) is 5.69 Å². The van der Waals surface area contributed by atoms with Crippen molar-refractivity contribution >= 4 is 28.8 Å². The molecule has 1 atom stereocenters. The van der Waals surface area contributed by atoms with E-state index in [1.165, 1.54) is 11.3 Å². The number of carbonyl (C=O) groups is 1. The van der Waals surface area contributed by atoms with E-state index in [0.717, 1.165) is 5.01 Å². The molecule has 1 heterocycles. The van der Waals surface area contributed by atoms with Crippen molar-refractivity contribution in [1.29, 1.82) is 0 Å². The van der Waals surface area contributed by atoms with Crippen LogP contribution in [0.5, 0.6) is 0 Å². The highest BCUT2D eigenvalue weighted by Crippen LogP contribution is 2.07. The summed E-state index contributed by atoms with van der Waals surface area (Å²) >= 11 is 7.31. The maximum Gasteiger partial charge on any atom is 0.270 e. The summed E-state index contributed by atoms with van der Waals surface area (Å²) in [6.07, 6.45) is 0. The third-order valence-electron chi connectivity index (χ3n) is 1.68. The first kappa shape index (κ1) is 12.4. The maximum atomic E-state index is 11.5. The van der Waals surface area contributed by atoms with E-state index in [9.17, 15) is 4.79 Å². The molecule has 4 nitrogen and oxygen atoms in total. The Bertz CT molecular complexity index is 330. The molecule has 1 N–H and O–H groups in total. The zero-order chi connectivity index (χ0) is 11.3. The number of rotatable bonds is 5. The summed E-state index contributed by atoms with van der Waals surface area (Å²) in [6, 6.07) is 0. The summed E-state index contributed by atoms with van der Waals surface area (Å²) in [7, 11) is 1.57. The lowest BCUT2D eigenvalue weighted by molar-refractivity contribution is 0.0945. The molecule has 1 rings (SSSR count). The summed E-state index contributed by atoms with van der Waals surface area (Å²) in [5, 5.41) is 5.08. The Kier molecular flexibility index (Phi) is 5.01. The predicted octanol–water partition coefficient (Wildman–Crippen LogP) is 1.44. The van der Waals surface area contributed by atoms with E-state index < -0.39 is 0 Å². The van der Waals surface area contributed by atoms with Gasteiger partial charge in [-0.2, -0.15) is 0 Å². The molecule has 84 valence electrons. The molecular formula is C9H13ClN2O2S. The average Bonchev–Trinajstić information content (AvgIpc) is 2.62. The van der Waals surface area contributed by atoms with Gasteiger partial charge >= 0.3 is 0 Å². The fourth-order valence-corrected chi connectivity index (χ4v) is 1.80. The minimum absolute atomic E-state index is 0.193. The van der Waals surface area contributed by atoms with Crippen LogP contribution in [0, 0.1) is 6.92 Å². The van der Waals surface area contributed by atoms with Gasteiger partial charge in [0.25, 0.3) is 5.91 Å². The molecule has 0 aromatic carbocycles. The zero-order valence-corrected chi connectivity index (χ0v) is 10.2. The molecule has 1 aromatic heterocycles. The monoisotopic (exact) mass is 248 g/mol. The number of hydrogen-bond acceptors (Lipinski definition) is 4. The van der Waals surface area contributed by atoms with Gasteiger partial charge in [0.2, 0.25) is 0 Å². The van der Waals surface area contributed by atoms with Crippen molar-refractivity contribution in [2.24, 2.45) is 0 Å². The van der Waals surface area contributed by atoms with Crippen LogP contribution in [0.3, 0.4) is 0 Å². The Morgan fingerprint density at radius 2 is 2.53 bits per heavy atom. The van der Waals surface area contributed by atoms with Gasteiger partial charge in [-0.15, -0.1) is 22.9 Å². The number of nitrogens with zero attached hydrogens (tertiary/aromatic N) is 1. The van der Waals surface area contributed by atoms with Gasteiger partial charge in [-0.3, -0.25) is 4.79 Å². The summed E-state index contributed by atoms with van der Waals surface area (Å²) in [5.41, 5.74) is 0.443. The number of nitrogens with one attached hydrogen (secondary N) is 1. The molecule has 1 unspecified atom stereocenters. The molecule has 1 amide bonds. The largest absolute Gasteiger partial charge is 0.383 e. The zero-order valence-electron chi connectivity index (χ0n) is 8.62.